The van der Waals surface area contributed by atoms with Gasteiger partial charge in [0.05, 0.1) is 11.6 Å². The van der Waals surface area contributed by atoms with Gasteiger partial charge in [-0.3, -0.25) is 0 Å². The Morgan fingerprint density at radius 2 is 2.56 bits per heavy atom. The normalized spacial score (nSPS) is 10.2. The second kappa shape index (κ2) is 1.55. The van der Waals surface area contributed by atoms with Gasteiger partial charge in [-0.15, -0.1) is 0 Å². The van der Waals surface area contributed by atoms with Crippen LogP contribution in [0.4, 0.5) is 0 Å². The van der Waals surface area contributed by atoms with Crippen molar-refractivity contribution >= 4 is 11.1 Å². The Morgan fingerprint density at radius 3 is 3.44 bits per heavy atom. The second-order valence-electron chi connectivity index (χ2n) is 1.63. The van der Waals surface area contributed by atoms with E-state index in [0.717, 1.165) is 5.39 Å². The van der Waals surface area contributed by atoms with Gasteiger partial charge in [-0.1, -0.05) is 5.16 Å². The first kappa shape index (κ1) is 4.49. The van der Waals surface area contributed by atoms with Crippen LogP contribution in [0.5, 0.6) is 0 Å². The Labute approximate surface area is 51.3 Å². The van der Waals surface area contributed by atoms with Gasteiger partial charge in [0.2, 0.25) is 0 Å². The average Bonchev–Trinajstić information content (AvgIpc) is 2.33. The summed E-state index contributed by atoms with van der Waals surface area (Å²) in [6.45, 7) is 0. The standard InChI is InChI=1S/C6H3N2O/c1-2-5-4-8-9-6(5)7-3-1/h1,3-4H. The summed E-state index contributed by atoms with van der Waals surface area (Å²) in [6.07, 6.45) is 3.20. The van der Waals surface area contributed by atoms with Crippen molar-refractivity contribution in [3.63, 3.8) is 0 Å². The zero-order valence-corrected chi connectivity index (χ0v) is 4.53. The van der Waals surface area contributed by atoms with Crippen molar-refractivity contribution in [3.8, 4) is 0 Å². The summed E-state index contributed by atoms with van der Waals surface area (Å²) in [5.74, 6) is 0. The summed E-state index contributed by atoms with van der Waals surface area (Å²) in [5, 5.41) is 4.35. The number of hydrogen-bond acceptors (Lipinski definition) is 3. The third-order valence-corrected chi connectivity index (χ3v) is 1.06. The fraction of sp³-hybridized carbons (Fsp3) is 0. The predicted octanol–water partition coefficient (Wildman–Crippen LogP) is 1.02. The van der Waals surface area contributed by atoms with E-state index in [9.17, 15) is 0 Å². The van der Waals surface area contributed by atoms with Gasteiger partial charge in [0.25, 0.3) is 5.71 Å². The topological polar surface area (TPSA) is 38.9 Å². The molecule has 0 fully saturated rings. The molecule has 1 radical (unpaired) electrons. The van der Waals surface area contributed by atoms with Crippen molar-refractivity contribution in [2.24, 2.45) is 0 Å². The second-order valence-corrected chi connectivity index (χ2v) is 1.63. The summed E-state index contributed by atoms with van der Waals surface area (Å²) in [7, 11) is 0. The van der Waals surface area contributed by atoms with Crippen molar-refractivity contribution in [1.82, 2.24) is 10.1 Å². The number of nitrogens with zero attached hydrogens (tertiary/aromatic N) is 2. The minimum Gasteiger partial charge on any atom is -0.336 e. The van der Waals surface area contributed by atoms with E-state index in [-0.39, 0.29) is 0 Å². The molecule has 0 aliphatic rings. The predicted molar refractivity (Wildman–Crippen MR) is 30.6 cm³/mol. The molecule has 0 amide bonds. The molecule has 2 aromatic rings. The number of fused-ring (bicyclic) bond motifs is 1. The summed E-state index contributed by atoms with van der Waals surface area (Å²) in [5.41, 5.74) is 0.539. The van der Waals surface area contributed by atoms with Crippen molar-refractivity contribution in [3.05, 3.63) is 24.5 Å². The molecule has 9 heavy (non-hydrogen) atoms. The lowest BCUT2D eigenvalue weighted by atomic mass is 10.4. The monoisotopic (exact) mass is 119 g/mol. The van der Waals surface area contributed by atoms with Gasteiger partial charge >= 0.3 is 0 Å². The van der Waals surface area contributed by atoms with Crippen molar-refractivity contribution in [2.75, 3.05) is 0 Å². The maximum Gasteiger partial charge on any atom is 0.258 e. The van der Waals surface area contributed by atoms with Crippen LogP contribution in [0.15, 0.2) is 23.0 Å². The van der Waals surface area contributed by atoms with E-state index in [1.165, 1.54) is 0 Å². The lowest BCUT2D eigenvalue weighted by molar-refractivity contribution is 0.448. The summed E-state index contributed by atoms with van der Waals surface area (Å²) < 4.78 is 4.73. The van der Waals surface area contributed by atoms with Gasteiger partial charge in [0.1, 0.15) is 0 Å². The van der Waals surface area contributed by atoms with Gasteiger partial charge in [0.15, 0.2) is 0 Å². The first-order valence-corrected chi connectivity index (χ1v) is 2.54. The molecule has 0 bridgehead atoms. The van der Waals surface area contributed by atoms with Crippen LogP contribution in [0.1, 0.15) is 0 Å². The molecule has 0 N–H and O–H groups in total. The molecule has 0 atom stereocenters. The summed E-state index contributed by atoms with van der Waals surface area (Å²) in [4.78, 5) is 3.88. The van der Waals surface area contributed by atoms with Crippen LogP contribution in [-0.4, -0.2) is 10.1 Å². The highest BCUT2D eigenvalue weighted by molar-refractivity contribution is 5.69. The minimum absolute atomic E-state index is 0.539. The zero-order chi connectivity index (χ0) is 6.10. The molecule has 2 heterocycles. The Kier molecular flexibility index (Phi) is 0.773. The maximum absolute atomic E-state index is 4.73. The molecule has 0 aliphatic carbocycles. The van der Waals surface area contributed by atoms with E-state index in [2.05, 4.69) is 16.2 Å². The molecule has 3 nitrogen and oxygen atoms in total. The first-order chi connectivity index (χ1) is 4.47. The Balaban J connectivity index is 2.95. The number of hydrogen-bond donors (Lipinski definition) is 0. The van der Waals surface area contributed by atoms with Crippen LogP contribution >= 0.6 is 0 Å². The SMILES string of the molecule is [c]1ccnc2oncc12. The molecule has 43 valence electrons. The largest absolute Gasteiger partial charge is 0.336 e. The molecule has 0 spiro atoms. The van der Waals surface area contributed by atoms with Crippen molar-refractivity contribution in [1.29, 1.82) is 0 Å². The molecular weight excluding hydrogens is 116 g/mol. The van der Waals surface area contributed by atoms with Crippen LogP contribution in [0, 0.1) is 6.07 Å². The highest BCUT2D eigenvalue weighted by Gasteiger charge is 1.93. The van der Waals surface area contributed by atoms with Gasteiger partial charge in [0, 0.05) is 6.20 Å². The lowest BCUT2D eigenvalue weighted by Crippen LogP contribution is -1.67. The Bertz CT molecular complexity index is 285. The lowest BCUT2D eigenvalue weighted by Gasteiger charge is -1.77. The van der Waals surface area contributed by atoms with Crippen LogP contribution < -0.4 is 0 Å². The average molecular weight is 119 g/mol. The first-order valence-electron chi connectivity index (χ1n) is 2.54. The van der Waals surface area contributed by atoms with Gasteiger partial charge in [-0.2, -0.15) is 0 Å². The molecule has 3 heteroatoms. The fourth-order valence-electron chi connectivity index (χ4n) is 0.658. The smallest absolute Gasteiger partial charge is 0.258 e. The maximum atomic E-state index is 4.73. The van der Waals surface area contributed by atoms with E-state index >= 15 is 0 Å². The van der Waals surface area contributed by atoms with Crippen LogP contribution in [0.2, 0.25) is 0 Å². The number of aromatic nitrogens is 2. The summed E-state index contributed by atoms with van der Waals surface area (Å²) in [6, 6.07) is 4.63. The zero-order valence-electron chi connectivity index (χ0n) is 4.53. The quantitative estimate of drug-likeness (QED) is 0.519. The van der Waals surface area contributed by atoms with E-state index in [1.54, 1.807) is 18.5 Å². The van der Waals surface area contributed by atoms with E-state index in [1.807, 2.05) is 0 Å². The molecule has 0 saturated carbocycles. The molecule has 0 aliphatic heterocycles. The van der Waals surface area contributed by atoms with Gasteiger partial charge in [-0.25, -0.2) is 4.98 Å². The van der Waals surface area contributed by atoms with Crippen LogP contribution in [0.25, 0.3) is 11.1 Å². The van der Waals surface area contributed by atoms with Crippen molar-refractivity contribution in [2.45, 2.75) is 0 Å². The molecule has 0 aromatic carbocycles. The van der Waals surface area contributed by atoms with Gasteiger partial charge < -0.3 is 4.52 Å². The fourth-order valence-corrected chi connectivity index (χ4v) is 0.658. The Hall–Kier alpha value is -1.38. The van der Waals surface area contributed by atoms with E-state index < -0.39 is 0 Å². The van der Waals surface area contributed by atoms with Crippen molar-refractivity contribution < 1.29 is 4.52 Å². The highest BCUT2D eigenvalue weighted by atomic mass is 16.5. The number of rotatable bonds is 0. The summed E-state index contributed by atoms with van der Waals surface area (Å²) >= 11 is 0. The molecule has 2 rings (SSSR count). The third kappa shape index (κ3) is 0.579. The van der Waals surface area contributed by atoms with Crippen LogP contribution in [-0.2, 0) is 0 Å². The molecule has 0 saturated heterocycles. The minimum atomic E-state index is 0.539. The van der Waals surface area contributed by atoms with E-state index in [4.69, 9.17) is 4.52 Å². The van der Waals surface area contributed by atoms with Crippen LogP contribution in [0.3, 0.4) is 0 Å². The molecule has 2 aromatic heterocycles. The Morgan fingerprint density at radius 1 is 1.56 bits per heavy atom. The molecular formula is C6H3N2O. The highest BCUT2D eigenvalue weighted by Crippen LogP contribution is 2.05. The molecule has 0 unspecified atom stereocenters. The third-order valence-electron chi connectivity index (χ3n) is 1.06. The number of pyridine rings is 1. The van der Waals surface area contributed by atoms with Gasteiger partial charge in [-0.05, 0) is 12.1 Å². The van der Waals surface area contributed by atoms with E-state index in [0.29, 0.717) is 5.71 Å².